The van der Waals surface area contributed by atoms with E-state index >= 15 is 0 Å². The number of nitrogens with two attached hydrogens (primary N) is 1. The first-order chi connectivity index (χ1) is 9.63. The third-order valence-electron chi connectivity index (χ3n) is 3.06. The number of carbonyl (C=O) groups excluding carboxylic acids is 1. The molecule has 0 radical (unpaired) electrons. The van der Waals surface area contributed by atoms with Crippen LogP contribution in [-0.4, -0.2) is 43.4 Å². The van der Waals surface area contributed by atoms with Crippen LogP contribution in [0.3, 0.4) is 0 Å². The fraction of sp³-hybridized carbons (Fsp3) is 0.533. The molecule has 1 unspecified atom stereocenters. The summed E-state index contributed by atoms with van der Waals surface area (Å²) in [6.45, 7) is 0.679. The topological polar surface area (TPSA) is 84.6 Å². The smallest absolute Gasteiger partial charge is 0.236 e. The van der Waals surface area contributed by atoms with Crippen molar-refractivity contribution < 1.29 is 14.6 Å². The number of rotatable bonds is 9. The lowest BCUT2D eigenvalue weighted by Crippen LogP contribution is -2.42. The van der Waals surface area contributed by atoms with E-state index in [2.05, 4.69) is 5.32 Å². The zero-order chi connectivity index (χ0) is 14.8. The molecule has 0 spiro atoms. The Morgan fingerprint density at radius 1 is 1.35 bits per heavy atom. The molecule has 2 atom stereocenters. The maximum Gasteiger partial charge on any atom is 0.236 e. The van der Waals surface area contributed by atoms with Gasteiger partial charge in [0.2, 0.25) is 5.91 Å². The molecule has 0 fully saturated rings. The Morgan fingerprint density at radius 2 is 2.05 bits per heavy atom. The number of hydrogen-bond donors (Lipinski definition) is 3. The Kier molecular flexibility index (Phi) is 7.87. The van der Waals surface area contributed by atoms with Crippen LogP contribution in [-0.2, 0) is 16.0 Å². The molecule has 1 rings (SSSR count). The van der Waals surface area contributed by atoms with Gasteiger partial charge >= 0.3 is 0 Å². The number of methoxy groups -OCH3 is 1. The average molecular weight is 280 g/mol. The maximum atomic E-state index is 11.8. The van der Waals surface area contributed by atoms with Crippen molar-refractivity contribution in [3.05, 3.63) is 35.9 Å². The minimum absolute atomic E-state index is 0.175. The van der Waals surface area contributed by atoms with Crippen LogP contribution in [0.1, 0.15) is 18.4 Å². The molecule has 1 aromatic carbocycles. The molecule has 0 saturated heterocycles. The molecule has 5 heteroatoms. The van der Waals surface area contributed by atoms with Gasteiger partial charge in [-0.2, -0.15) is 0 Å². The lowest BCUT2D eigenvalue weighted by molar-refractivity contribution is -0.122. The number of aliphatic hydroxyl groups is 1. The second-order valence-electron chi connectivity index (χ2n) is 4.82. The molecule has 0 heterocycles. The molecular weight excluding hydrogens is 256 g/mol. The van der Waals surface area contributed by atoms with Crippen LogP contribution < -0.4 is 11.1 Å². The lowest BCUT2D eigenvalue weighted by Gasteiger charge is -2.14. The molecule has 4 N–H and O–H groups in total. The van der Waals surface area contributed by atoms with Gasteiger partial charge in [0.1, 0.15) is 0 Å². The van der Waals surface area contributed by atoms with Crippen LogP contribution >= 0.6 is 0 Å². The fourth-order valence-electron chi connectivity index (χ4n) is 1.87. The van der Waals surface area contributed by atoms with E-state index in [0.29, 0.717) is 19.4 Å². The minimum atomic E-state index is -0.555. The van der Waals surface area contributed by atoms with Gasteiger partial charge in [-0.1, -0.05) is 30.3 Å². The SMILES string of the molecule is COCC(O)CCNC(=O)[C@@H](N)CCc1ccccc1. The Labute approximate surface area is 120 Å². The molecule has 112 valence electrons. The van der Waals surface area contributed by atoms with Crippen molar-refractivity contribution in [3.63, 3.8) is 0 Å². The molecule has 0 aliphatic rings. The van der Waals surface area contributed by atoms with Crippen molar-refractivity contribution in [2.45, 2.75) is 31.4 Å². The highest BCUT2D eigenvalue weighted by Gasteiger charge is 2.13. The quantitative estimate of drug-likeness (QED) is 0.613. The minimum Gasteiger partial charge on any atom is -0.391 e. The first kappa shape index (κ1) is 16.6. The summed E-state index contributed by atoms with van der Waals surface area (Å²) in [6.07, 6.45) is 1.30. The number of aliphatic hydroxyl groups excluding tert-OH is 1. The Bertz CT molecular complexity index is 384. The summed E-state index contributed by atoms with van der Waals surface area (Å²) in [5, 5.41) is 12.2. The van der Waals surface area contributed by atoms with Crippen LogP contribution in [0.25, 0.3) is 0 Å². The van der Waals surface area contributed by atoms with Crippen LogP contribution in [0.4, 0.5) is 0 Å². The summed E-state index contributed by atoms with van der Waals surface area (Å²) in [5.41, 5.74) is 7.01. The van der Waals surface area contributed by atoms with Crippen molar-refractivity contribution in [3.8, 4) is 0 Å². The summed E-state index contributed by atoms with van der Waals surface area (Å²) in [4.78, 5) is 11.8. The molecule has 0 saturated carbocycles. The Balaban J connectivity index is 2.19. The van der Waals surface area contributed by atoms with Crippen molar-refractivity contribution in [1.29, 1.82) is 0 Å². The van der Waals surface area contributed by atoms with Gasteiger partial charge in [0.15, 0.2) is 0 Å². The molecule has 20 heavy (non-hydrogen) atoms. The lowest BCUT2D eigenvalue weighted by atomic mass is 10.1. The summed E-state index contributed by atoms with van der Waals surface area (Å²) < 4.78 is 4.81. The Morgan fingerprint density at radius 3 is 2.70 bits per heavy atom. The predicted octanol–water partition coefficient (Wildman–Crippen LogP) is 0.460. The second kappa shape index (κ2) is 9.47. The number of carbonyl (C=O) groups is 1. The average Bonchev–Trinajstić information content (AvgIpc) is 2.46. The first-order valence-electron chi connectivity index (χ1n) is 6.87. The molecule has 0 bridgehead atoms. The molecule has 1 aromatic rings. The van der Waals surface area contributed by atoms with E-state index in [0.717, 1.165) is 6.42 Å². The zero-order valence-electron chi connectivity index (χ0n) is 11.9. The van der Waals surface area contributed by atoms with E-state index in [1.54, 1.807) is 0 Å². The van der Waals surface area contributed by atoms with Gasteiger partial charge in [0, 0.05) is 13.7 Å². The van der Waals surface area contributed by atoms with Crippen LogP contribution in [0.5, 0.6) is 0 Å². The number of ether oxygens (including phenoxy) is 1. The van der Waals surface area contributed by atoms with Gasteiger partial charge in [-0.25, -0.2) is 0 Å². The normalized spacial score (nSPS) is 13.8. The van der Waals surface area contributed by atoms with E-state index in [1.165, 1.54) is 12.7 Å². The van der Waals surface area contributed by atoms with E-state index in [9.17, 15) is 9.90 Å². The molecule has 5 nitrogen and oxygen atoms in total. The first-order valence-corrected chi connectivity index (χ1v) is 6.87. The summed E-state index contributed by atoms with van der Waals surface area (Å²) in [5.74, 6) is -0.175. The molecule has 1 amide bonds. The third-order valence-corrected chi connectivity index (χ3v) is 3.06. The van der Waals surface area contributed by atoms with Crippen LogP contribution in [0.15, 0.2) is 30.3 Å². The third kappa shape index (κ3) is 6.65. The predicted molar refractivity (Wildman–Crippen MR) is 78.2 cm³/mol. The van der Waals surface area contributed by atoms with E-state index in [-0.39, 0.29) is 12.5 Å². The summed E-state index contributed by atoms with van der Waals surface area (Å²) >= 11 is 0. The van der Waals surface area contributed by atoms with Gasteiger partial charge < -0.3 is 20.9 Å². The number of hydrogen-bond acceptors (Lipinski definition) is 4. The number of nitrogens with one attached hydrogen (secondary N) is 1. The van der Waals surface area contributed by atoms with Crippen molar-refractivity contribution in [2.75, 3.05) is 20.3 Å². The standard InChI is InChI=1S/C15H24N2O3/c1-20-11-13(18)9-10-17-15(19)14(16)8-7-12-5-3-2-4-6-12/h2-6,13-14,18H,7-11,16H2,1H3,(H,17,19)/t13?,14-/m0/s1. The van der Waals surface area contributed by atoms with E-state index in [1.807, 2.05) is 30.3 Å². The summed E-state index contributed by atoms with van der Waals surface area (Å²) in [6, 6.07) is 9.42. The van der Waals surface area contributed by atoms with Gasteiger partial charge in [0.05, 0.1) is 18.8 Å². The Hall–Kier alpha value is -1.43. The highest BCUT2D eigenvalue weighted by molar-refractivity contribution is 5.81. The van der Waals surface area contributed by atoms with Crippen molar-refractivity contribution >= 4 is 5.91 Å². The maximum absolute atomic E-state index is 11.8. The zero-order valence-corrected chi connectivity index (χ0v) is 11.9. The number of aryl methyl sites for hydroxylation is 1. The monoisotopic (exact) mass is 280 g/mol. The molecule has 0 aliphatic heterocycles. The van der Waals surface area contributed by atoms with Gasteiger partial charge in [0.25, 0.3) is 0 Å². The molecule has 0 aliphatic carbocycles. The fourth-order valence-corrected chi connectivity index (χ4v) is 1.87. The van der Waals surface area contributed by atoms with Gasteiger partial charge in [-0.05, 0) is 24.8 Å². The van der Waals surface area contributed by atoms with Crippen molar-refractivity contribution in [2.24, 2.45) is 5.73 Å². The highest BCUT2D eigenvalue weighted by Crippen LogP contribution is 2.04. The molecule has 0 aromatic heterocycles. The summed E-state index contributed by atoms with van der Waals surface area (Å²) in [7, 11) is 1.53. The second-order valence-corrected chi connectivity index (χ2v) is 4.82. The van der Waals surface area contributed by atoms with E-state index in [4.69, 9.17) is 10.5 Å². The largest absolute Gasteiger partial charge is 0.391 e. The number of benzene rings is 1. The number of amides is 1. The van der Waals surface area contributed by atoms with Crippen LogP contribution in [0.2, 0.25) is 0 Å². The van der Waals surface area contributed by atoms with Crippen molar-refractivity contribution in [1.82, 2.24) is 5.32 Å². The molecular formula is C15H24N2O3. The highest BCUT2D eigenvalue weighted by atomic mass is 16.5. The van der Waals surface area contributed by atoms with Crippen LogP contribution in [0, 0.1) is 0 Å². The van der Waals surface area contributed by atoms with Gasteiger partial charge in [-0.15, -0.1) is 0 Å². The van der Waals surface area contributed by atoms with Gasteiger partial charge in [-0.3, -0.25) is 4.79 Å². The van der Waals surface area contributed by atoms with E-state index < -0.39 is 12.1 Å².